The largest absolute Gasteiger partial charge is 0.497 e. The Morgan fingerprint density at radius 3 is 2.36 bits per heavy atom. The summed E-state index contributed by atoms with van der Waals surface area (Å²) in [7, 11) is 1.60. The van der Waals surface area contributed by atoms with Gasteiger partial charge in [-0.2, -0.15) is 5.10 Å². The quantitative estimate of drug-likeness (QED) is 0.632. The number of hydrogen-bond donors (Lipinski definition) is 0. The fraction of sp³-hybridized carbons (Fsp3) is 0.222. The van der Waals surface area contributed by atoms with Crippen LogP contribution in [0.3, 0.4) is 0 Å². The third kappa shape index (κ3) is 3.35. The van der Waals surface area contributed by atoms with Crippen molar-refractivity contribution in [1.82, 2.24) is 5.01 Å². The minimum atomic E-state index is -0.442. The zero-order valence-electron chi connectivity index (χ0n) is 13.9. The van der Waals surface area contributed by atoms with E-state index in [1.54, 1.807) is 19.2 Å². The molecule has 0 aliphatic carbocycles. The van der Waals surface area contributed by atoms with Crippen LogP contribution >= 0.6 is 0 Å². The first-order chi connectivity index (χ1) is 12.0. The number of rotatable bonds is 4. The van der Waals surface area contributed by atoms with Crippen molar-refractivity contribution in [3.05, 3.63) is 69.8 Å². The van der Waals surface area contributed by atoms with Crippen molar-refractivity contribution in [1.29, 1.82) is 0 Å². The van der Waals surface area contributed by atoms with Gasteiger partial charge in [0.25, 0.3) is 5.69 Å². The zero-order chi connectivity index (χ0) is 18.0. The molecule has 1 aliphatic rings. The summed E-state index contributed by atoms with van der Waals surface area (Å²) in [5.74, 6) is 0.588. The van der Waals surface area contributed by atoms with Crippen molar-refractivity contribution < 1.29 is 14.5 Å². The summed E-state index contributed by atoms with van der Waals surface area (Å²) in [6.07, 6.45) is 0.545. The van der Waals surface area contributed by atoms with E-state index < -0.39 is 4.92 Å². The van der Waals surface area contributed by atoms with E-state index in [1.165, 1.54) is 24.1 Å². The molecule has 0 saturated heterocycles. The summed E-state index contributed by atoms with van der Waals surface area (Å²) in [5.41, 5.74) is 2.48. The van der Waals surface area contributed by atoms with Crippen LogP contribution in [0.25, 0.3) is 0 Å². The van der Waals surface area contributed by atoms with Crippen molar-refractivity contribution in [3.63, 3.8) is 0 Å². The van der Waals surface area contributed by atoms with Crippen molar-refractivity contribution in [2.75, 3.05) is 7.11 Å². The van der Waals surface area contributed by atoms with Gasteiger partial charge in [-0.1, -0.05) is 12.1 Å². The lowest BCUT2D eigenvalue weighted by molar-refractivity contribution is -0.384. The highest BCUT2D eigenvalue weighted by atomic mass is 16.6. The Morgan fingerprint density at radius 1 is 1.20 bits per heavy atom. The summed E-state index contributed by atoms with van der Waals surface area (Å²) in [6.45, 7) is 1.47. The maximum atomic E-state index is 12.0. The van der Waals surface area contributed by atoms with Crippen molar-refractivity contribution >= 4 is 17.3 Å². The molecule has 0 bridgehead atoms. The minimum absolute atomic E-state index is 0.0254. The van der Waals surface area contributed by atoms with Gasteiger partial charge in [-0.15, -0.1) is 0 Å². The van der Waals surface area contributed by atoms with Crippen LogP contribution in [-0.2, 0) is 4.79 Å². The fourth-order valence-corrected chi connectivity index (χ4v) is 2.84. The first kappa shape index (κ1) is 16.6. The van der Waals surface area contributed by atoms with Crippen LogP contribution in [0.1, 0.15) is 30.5 Å². The average Bonchev–Trinajstić information content (AvgIpc) is 3.07. The number of amides is 1. The lowest BCUT2D eigenvalue weighted by Gasteiger charge is -2.20. The summed E-state index contributed by atoms with van der Waals surface area (Å²) in [5, 5.41) is 16.7. The number of non-ortho nitro benzene ring substituents is 1. The average molecular weight is 339 g/mol. The predicted octanol–water partition coefficient (Wildman–Crippen LogP) is 3.30. The van der Waals surface area contributed by atoms with Gasteiger partial charge in [0, 0.05) is 25.5 Å². The number of carbonyl (C=O) groups excluding carboxylic acids is 1. The number of nitro benzene ring substituents is 1. The molecule has 0 radical (unpaired) electrons. The van der Waals surface area contributed by atoms with Crippen LogP contribution in [0, 0.1) is 10.1 Å². The molecule has 7 heteroatoms. The topological polar surface area (TPSA) is 85.0 Å². The molecule has 1 atom stereocenters. The zero-order valence-corrected chi connectivity index (χ0v) is 13.9. The van der Waals surface area contributed by atoms with Crippen molar-refractivity contribution in [2.24, 2.45) is 5.10 Å². The molecule has 1 aliphatic heterocycles. The van der Waals surface area contributed by atoms with Crippen LogP contribution in [0.15, 0.2) is 53.6 Å². The number of benzene rings is 2. The Bertz CT molecular complexity index is 828. The van der Waals surface area contributed by atoms with Crippen molar-refractivity contribution in [3.8, 4) is 5.75 Å². The van der Waals surface area contributed by atoms with E-state index in [9.17, 15) is 14.9 Å². The molecule has 25 heavy (non-hydrogen) atoms. The number of methoxy groups -OCH3 is 1. The van der Waals surface area contributed by atoms with Crippen LogP contribution in [-0.4, -0.2) is 28.7 Å². The van der Waals surface area contributed by atoms with E-state index in [-0.39, 0.29) is 17.6 Å². The Hall–Kier alpha value is -3.22. The van der Waals surface area contributed by atoms with E-state index >= 15 is 0 Å². The van der Waals surface area contributed by atoms with E-state index in [4.69, 9.17) is 4.74 Å². The first-order valence-corrected chi connectivity index (χ1v) is 7.75. The van der Waals surface area contributed by atoms with Gasteiger partial charge in [0.1, 0.15) is 5.75 Å². The third-order valence-corrected chi connectivity index (χ3v) is 4.14. The monoisotopic (exact) mass is 339 g/mol. The van der Waals surface area contributed by atoms with E-state index in [1.807, 2.05) is 24.3 Å². The normalized spacial score (nSPS) is 16.5. The van der Waals surface area contributed by atoms with Crippen LogP contribution < -0.4 is 4.74 Å². The van der Waals surface area contributed by atoms with Gasteiger partial charge < -0.3 is 4.74 Å². The van der Waals surface area contributed by atoms with E-state index in [0.29, 0.717) is 6.42 Å². The Morgan fingerprint density at radius 2 is 1.84 bits per heavy atom. The first-order valence-electron chi connectivity index (χ1n) is 7.75. The smallest absolute Gasteiger partial charge is 0.269 e. The minimum Gasteiger partial charge on any atom is -0.497 e. The number of hydrazone groups is 1. The Labute approximate surface area is 144 Å². The highest BCUT2D eigenvalue weighted by Gasteiger charge is 2.31. The number of ether oxygens (including phenoxy) is 1. The standard InChI is InChI=1S/C18H17N3O4/c1-12(22)20-18(14-5-9-16(25-2)10-6-14)11-17(19-20)13-3-7-15(8-4-13)21(23)24/h3-10,18H,11H2,1-2H3/t18-/m0/s1. The number of nitrogens with zero attached hydrogens (tertiary/aromatic N) is 3. The molecule has 1 amide bonds. The number of carbonyl (C=O) groups is 1. The molecule has 128 valence electrons. The molecule has 0 saturated carbocycles. The van der Waals surface area contributed by atoms with Crippen LogP contribution in [0.2, 0.25) is 0 Å². The van der Waals surface area contributed by atoms with Gasteiger partial charge in [-0.25, -0.2) is 5.01 Å². The second-order valence-electron chi connectivity index (χ2n) is 5.71. The van der Waals surface area contributed by atoms with Crippen LogP contribution in [0.5, 0.6) is 5.75 Å². The molecule has 0 unspecified atom stereocenters. The van der Waals surface area contributed by atoms with Gasteiger partial charge in [-0.3, -0.25) is 14.9 Å². The van der Waals surface area contributed by atoms with Gasteiger partial charge in [0.2, 0.25) is 5.91 Å². The summed E-state index contributed by atoms with van der Waals surface area (Å²) in [4.78, 5) is 22.3. The third-order valence-electron chi connectivity index (χ3n) is 4.14. The molecular formula is C18H17N3O4. The van der Waals surface area contributed by atoms with Gasteiger partial charge in [-0.05, 0) is 35.4 Å². The molecule has 1 heterocycles. The molecular weight excluding hydrogens is 322 g/mol. The summed E-state index contributed by atoms with van der Waals surface area (Å²) < 4.78 is 5.16. The maximum absolute atomic E-state index is 12.0. The van der Waals surface area contributed by atoms with E-state index in [2.05, 4.69) is 5.10 Å². The molecule has 0 N–H and O–H groups in total. The molecule has 0 aromatic heterocycles. The molecule has 7 nitrogen and oxygen atoms in total. The lowest BCUT2D eigenvalue weighted by atomic mass is 9.98. The fourth-order valence-electron chi connectivity index (χ4n) is 2.84. The maximum Gasteiger partial charge on any atom is 0.269 e. The van der Waals surface area contributed by atoms with Crippen molar-refractivity contribution in [2.45, 2.75) is 19.4 Å². The van der Waals surface area contributed by atoms with Crippen LogP contribution in [0.4, 0.5) is 5.69 Å². The van der Waals surface area contributed by atoms with E-state index in [0.717, 1.165) is 22.6 Å². The molecule has 2 aromatic carbocycles. The highest BCUT2D eigenvalue weighted by Crippen LogP contribution is 2.33. The second kappa shape index (κ2) is 6.72. The summed E-state index contributed by atoms with van der Waals surface area (Å²) in [6, 6.07) is 13.5. The molecule has 3 rings (SSSR count). The SMILES string of the molecule is COc1ccc([C@@H]2CC(c3ccc([N+](=O)[O-])cc3)=NN2C(C)=O)cc1. The summed E-state index contributed by atoms with van der Waals surface area (Å²) >= 11 is 0. The number of nitro groups is 1. The Balaban J connectivity index is 1.88. The Kier molecular flexibility index (Phi) is 4.47. The van der Waals surface area contributed by atoms with Gasteiger partial charge >= 0.3 is 0 Å². The second-order valence-corrected chi connectivity index (χ2v) is 5.71. The molecule has 0 fully saturated rings. The molecule has 0 spiro atoms. The van der Waals surface area contributed by atoms with Gasteiger partial charge in [0.15, 0.2) is 0 Å². The lowest BCUT2D eigenvalue weighted by Crippen LogP contribution is -2.24. The predicted molar refractivity (Wildman–Crippen MR) is 92.5 cm³/mol. The van der Waals surface area contributed by atoms with Gasteiger partial charge in [0.05, 0.1) is 23.8 Å². The molecule has 2 aromatic rings. The number of hydrogen-bond acceptors (Lipinski definition) is 5. The highest BCUT2D eigenvalue weighted by molar-refractivity contribution is 6.03.